The van der Waals surface area contributed by atoms with Crippen molar-refractivity contribution in [2.24, 2.45) is 0 Å². The zero-order valence-corrected chi connectivity index (χ0v) is 13.2. The number of hydrogen-bond acceptors (Lipinski definition) is 4. The SMILES string of the molecule is CCN(C(C)(C)C(=O)O)S(=O)(=O)c1cc(C#N)ccc1C. The number of hydrogen-bond donors (Lipinski definition) is 1. The predicted molar refractivity (Wildman–Crippen MR) is 77.2 cm³/mol. The first kappa shape index (κ1) is 17.1. The van der Waals surface area contributed by atoms with Gasteiger partial charge < -0.3 is 5.11 Å². The lowest BCUT2D eigenvalue weighted by atomic mass is 10.1. The molecule has 0 radical (unpaired) electrons. The summed E-state index contributed by atoms with van der Waals surface area (Å²) >= 11 is 0. The van der Waals surface area contributed by atoms with Crippen LogP contribution in [-0.2, 0) is 14.8 Å². The summed E-state index contributed by atoms with van der Waals surface area (Å²) in [6, 6.07) is 6.21. The van der Waals surface area contributed by atoms with E-state index in [4.69, 9.17) is 5.26 Å². The fourth-order valence-electron chi connectivity index (χ4n) is 2.04. The maximum Gasteiger partial charge on any atom is 0.324 e. The van der Waals surface area contributed by atoms with Crippen LogP contribution in [-0.4, -0.2) is 35.9 Å². The van der Waals surface area contributed by atoms with Crippen LogP contribution in [0.3, 0.4) is 0 Å². The van der Waals surface area contributed by atoms with Crippen molar-refractivity contribution in [2.45, 2.75) is 38.1 Å². The molecule has 1 rings (SSSR count). The molecule has 0 fully saturated rings. The largest absolute Gasteiger partial charge is 0.480 e. The number of carboxylic acids is 1. The van der Waals surface area contributed by atoms with Crippen molar-refractivity contribution in [3.63, 3.8) is 0 Å². The highest BCUT2D eigenvalue weighted by Crippen LogP contribution is 2.27. The van der Waals surface area contributed by atoms with Crippen molar-refractivity contribution in [3.8, 4) is 6.07 Å². The Morgan fingerprint density at radius 1 is 1.43 bits per heavy atom. The quantitative estimate of drug-likeness (QED) is 0.893. The highest BCUT2D eigenvalue weighted by atomic mass is 32.2. The Morgan fingerprint density at radius 3 is 2.43 bits per heavy atom. The summed E-state index contributed by atoms with van der Waals surface area (Å²) < 4.78 is 26.4. The molecule has 0 saturated heterocycles. The Morgan fingerprint density at radius 2 is 2.00 bits per heavy atom. The first-order valence-corrected chi connectivity index (χ1v) is 7.80. The maximum absolute atomic E-state index is 12.8. The van der Waals surface area contributed by atoms with Crippen molar-refractivity contribution in [1.29, 1.82) is 5.26 Å². The van der Waals surface area contributed by atoms with E-state index in [1.807, 2.05) is 6.07 Å². The molecular formula is C14H18N2O4S. The van der Waals surface area contributed by atoms with E-state index in [2.05, 4.69) is 0 Å². The molecule has 1 aromatic carbocycles. The van der Waals surface area contributed by atoms with Gasteiger partial charge in [-0.05, 0) is 38.5 Å². The molecule has 0 amide bonds. The number of rotatable bonds is 5. The molecular weight excluding hydrogens is 292 g/mol. The summed E-state index contributed by atoms with van der Waals surface area (Å²) in [7, 11) is -4.02. The van der Waals surface area contributed by atoms with Crippen molar-refractivity contribution in [1.82, 2.24) is 4.31 Å². The molecule has 1 aromatic rings. The summed E-state index contributed by atoms with van der Waals surface area (Å²) in [4.78, 5) is 11.3. The van der Waals surface area contributed by atoms with Gasteiger partial charge in [0.1, 0.15) is 5.54 Å². The Balaban J connectivity index is 3.53. The number of sulfonamides is 1. The lowest BCUT2D eigenvalue weighted by Crippen LogP contribution is -2.52. The zero-order valence-electron chi connectivity index (χ0n) is 12.4. The van der Waals surface area contributed by atoms with Crippen molar-refractivity contribution in [2.75, 3.05) is 6.54 Å². The van der Waals surface area contributed by atoms with Gasteiger partial charge in [-0.3, -0.25) is 4.79 Å². The van der Waals surface area contributed by atoms with Gasteiger partial charge in [0.15, 0.2) is 0 Å². The lowest BCUT2D eigenvalue weighted by molar-refractivity contribution is -0.146. The number of likely N-dealkylation sites (N-methyl/N-ethyl adjacent to an activating group) is 1. The van der Waals surface area contributed by atoms with E-state index in [1.165, 1.54) is 32.0 Å². The van der Waals surface area contributed by atoms with E-state index in [0.29, 0.717) is 5.56 Å². The molecule has 0 saturated carbocycles. The highest BCUT2D eigenvalue weighted by molar-refractivity contribution is 7.89. The number of aliphatic carboxylic acids is 1. The maximum atomic E-state index is 12.8. The van der Waals surface area contributed by atoms with E-state index >= 15 is 0 Å². The molecule has 6 nitrogen and oxygen atoms in total. The monoisotopic (exact) mass is 310 g/mol. The van der Waals surface area contributed by atoms with E-state index in [0.717, 1.165) is 4.31 Å². The predicted octanol–water partition coefficient (Wildman–Crippen LogP) is 1.74. The van der Waals surface area contributed by atoms with Gasteiger partial charge in [0.05, 0.1) is 16.5 Å². The van der Waals surface area contributed by atoms with Crippen LogP contribution in [0.4, 0.5) is 0 Å². The second-order valence-electron chi connectivity index (χ2n) is 5.13. The Bertz CT molecular complexity index is 702. The standard InChI is InChI=1S/C14H18N2O4S/c1-5-16(14(3,4)13(17)18)21(19,20)12-8-11(9-15)7-6-10(12)2/h6-8H,5H2,1-4H3,(H,17,18). The molecule has 0 bridgehead atoms. The third-order valence-electron chi connectivity index (χ3n) is 3.32. The van der Waals surface area contributed by atoms with Crippen LogP contribution in [0.2, 0.25) is 0 Å². The van der Waals surface area contributed by atoms with Crippen LogP contribution in [0.5, 0.6) is 0 Å². The van der Waals surface area contributed by atoms with Gasteiger partial charge in [0.2, 0.25) is 10.0 Å². The molecule has 7 heteroatoms. The minimum absolute atomic E-state index is 0.0118. The van der Waals surface area contributed by atoms with Gasteiger partial charge in [-0.2, -0.15) is 9.57 Å². The highest BCUT2D eigenvalue weighted by Gasteiger charge is 2.42. The molecule has 0 unspecified atom stereocenters. The van der Waals surface area contributed by atoms with Crippen molar-refractivity contribution < 1.29 is 18.3 Å². The van der Waals surface area contributed by atoms with E-state index in [-0.39, 0.29) is 17.0 Å². The molecule has 114 valence electrons. The summed E-state index contributed by atoms with van der Waals surface area (Å²) in [5, 5.41) is 18.2. The third kappa shape index (κ3) is 3.06. The Kier molecular flexibility index (Phi) is 4.76. The van der Waals surface area contributed by atoms with Crippen LogP contribution in [0.25, 0.3) is 0 Å². The van der Waals surface area contributed by atoms with Gasteiger partial charge in [0.25, 0.3) is 0 Å². The number of carboxylic acid groups (broad SMARTS) is 1. The summed E-state index contributed by atoms with van der Waals surface area (Å²) in [6.07, 6.45) is 0. The van der Waals surface area contributed by atoms with Crippen LogP contribution in [0, 0.1) is 18.3 Å². The van der Waals surface area contributed by atoms with Crippen LogP contribution in [0.1, 0.15) is 31.9 Å². The summed E-state index contributed by atoms with van der Waals surface area (Å²) in [5.41, 5.74) is -0.903. The normalized spacial score (nSPS) is 12.2. The number of nitriles is 1. The zero-order chi connectivity index (χ0) is 16.4. The topological polar surface area (TPSA) is 98.5 Å². The molecule has 0 aliphatic carbocycles. The minimum atomic E-state index is -4.02. The first-order valence-electron chi connectivity index (χ1n) is 6.36. The molecule has 0 atom stereocenters. The average molecular weight is 310 g/mol. The van der Waals surface area contributed by atoms with E-state index < -0.39 is 21.5 Å². The molecule has 0 aliphatic rings. The summed E-state index contributed by atoms with van der Waals surface area (Å²) in [5.74, 6) is -1.23. The molecule has 0 aliphatic heterocycles. The second kappa shape index (κ2) is 5.84. The van der Waals surface area contributed by atoms with Gasteiger partial charge in [0, 0.05) is 6.54 Å². The molecule has 0 spiro atoms. The first-order chi connectivity index (χ1) is 9.58. The van der Waals surface area contributed by atoms with E-state index in [1.54, 1.807) is 13.8 Å². The number of nitrogens with zero attached hydrogens (tertiary/aromatic N) is 2. The fraction of sp³-hybridized carbons (Fsp3) is 0.429. The van der Waals surface area contributed by atoms with Crippen molar-refractivity contribution in [3.05, 3.63) is 29.3 Å². The van der Waals surface area contributed by atoms with Crippen molar-refractivity contribution >= 4 is 16.0 Å². The molecule has 0 aromatic heterocycles. The van der Waals surface area contributed by atoms with E-state index in [9.17, 15) is 18.3 Å². The van der Waals surface area contributed by atoms with Gasteiger partial charge in [-0.25, -0.2) is 8.42 Å². The van der Waals surface area contributed by atoms with Crippen LogP contribution in [0.15, 0.2) is 23.1 Å². The Hall–Kier alpha value is -1.91. The average Bonchev–Trinajstić information content (AvgIpc) is 2.38. The van der Waals surface area contributed by atoms with Crippen LogP contribution < -0.4 is 0 Å². The molecule has 21 heavy (non-hydrogen) atoms. The van der Waals surface area contributed by atoms with Crippen LogP contribution >= 0.6 is 0 Å². The fourth-order valence-corrected chi connectivity index (χ4v) is 4.05. The molecule has 1 N–H and O–H groups in total. The third-order valence-corrected chi connectivity index (χ3v) is 5.61. The number of aryl methyl sites for hydroxylation is 1. The van der Waals surface area contributed by atoms with Gasteiger partial charge >= 0.3 is 5.97 Å². The Labute approximate surface area is 124 Å². The second-order valence-corrected chi connectivity index (χ2v) is 6.96. The number of carbonyl (C=O) groups is 1. The summed E-state index contributed by atoms with van der Waals surface area (Å²) in [6.45, 7) is 5.86. The smallest absolute Gasteiger partial charge is 0.324 e. The number of benzene rings is 1. The molecule has 0 heterocycles. The van der Waals surface area contributed by atoms with Gasteiger partial charge in [-0.1, -0.05) is 13.0 Å². The lowest BCUT2D eigenvalue weighted by Gasteiger charge is -2.33. The minimum Gasteiger partial charge on any atom is -0.480 e. The van der Waals surface area contributed by atoms with Gasteiger partial charge in [-0.15, -0.1) is 0 Å².